The van der Waals surface area contributed by atoms with Crippen molar-refractivity contribution in [3.63, 3.8) is 0 Å². The Morgan fingerprint density at radius 2 is 1.94 bits per heavy atom. The van der Waals surface area contributed by atoms with Crippen LogP contribution in [0.3, 0.4) is 0 Å². The van der Waals surface area contributed by atoms with Crippen LogP contribution in [-0.4, -0.2) is 24.4 Å². The molecule has 3 unspecified atom stereocenters. The fraction of sp³-hybridized carbons (Fsp3) is 0.929. The van der Waals surface area contributed by atoms with Crippen molar-refractivity contribution in [1.29, 1.82) is 0 Å². The Labute approximate surface area is 105 Å². The van der Waals surface area contributed by atoms with Crippen LogP contribution in [0.4, 0.5) is 0 Å². The lowest BCUT2D eigenvalue weighted by Crippen LogP contribution is -2.42. The molecule has 3 atom stereocenters. The Kier molecular flexibility index (Phi) is 4.99. The predicted molar refractivity (Wildman–Crippen MR) is 69.8 cm³/mol. The molecule has 1 aliphatic carbocycles. The summed E-state index contributed by atoms with van der Waals surface area (Å²) < 4.78 is 0. The van der Waals surface area contributed by atoms with E-state index < -0.39 is 0 Å². The molecule has 0 radical (unpaired) electrons. The summed E-state index contributed by atoms with van der Waals surface area (Å²) in [6.45, 7) is 0.744. The molecule has 0 amide bonds. The van der Waals surface area contributed by atoms with Gasteiger partial charge in [-0.25, -0.2) is 0 Å². The van der Waals surface area contributed by atoms with Crippen LogP contribution in [0.15, 0.2) is 0 Å². The van der Waals surface area contributed by atoms with Crippen molar-refractivity contribution in [2.45, 2.75) is 69.9 Å². The third-order valence-corrected chi connectivity index (χ3v) is 4.35. The summed E-state index contributed by atoms with van der Waals surface area (Å²) in [6.07, 6.45) is 10.3. The van der Waals surface area contributed by atoms with Gasteiger partial charge in [0.25, 0.3) is 0 Å². The minimum absolute atomic E-state index is 0.122. The van der Waals surface area contributed by atoms with E-state index in [9.17, 15) is 4.79 Å². The highest BCUT2D eigenvalue weighted by Crippen LogP contribution is 2.28. The zero-order valence-corrected chi connectivity index (χ0v) is 10.8. The van der Waals surface area contributed by atoms with Crippen LogP contribution in [0.25, 0.3) is 0 Å². The molecule has 2 fully saturated rings. The molecule has 0 aromatic heterocycles. The Balaban J connectivity index is 1.96. The van der Waals surface area contributed by atoms with Crippen molar-refractivity contribution >= 4 is 5.78 Å². The van der Waals surface area contributed by atoms with E-state index in [1.54, 1.807) is 0 Å². The average molecular weight is 238 g/mol. The molecule has 17 heavy (non-hydrogen) atoms. The van der Waals surface area contributed by atoms with Crippen LogP contribution in [0.2, 0.25) is 0 Å². The van der Waals surface area contributed by atoms with Crippen molar-refractivity contribution in [3.8, 4) is 0 Å². The predicted octanol–water partition coefficient (Wildman–Crippen LogP) is 2.00. The van der Waals surface area contributed by atoms with Gasteiger partial charge in [0.1, 0.15) is 0 Å². The number of hydrogen-bond acceptors (Lipinski definition) is 3. The summed E-state index contributed by atoms with van der Waals surface area (Å²) in [5.74, 6) is 0.835. The fourth-order valence-electron chi connectivity index (χ4n) is 3.29. The second kappa shape index (κ2) is 6.50. The van der Waals surface area contributed by atoms with E-state index in [4.69, 9.17) is 5.73 Å². The van der Waals surface area contributed by atoms with Crippen LogP contribution in [0.1, 0.15) is 57.8 Å². The molecule has 0 spiro atoms. The number of ketones is 1. The van der Waals surface area contributed by atoms with Gasteiger partial charge in [-0.3, -0.25) is 4.79 Å². The van der Waals surface area contributed by atoms with Crippen molar-refractivity contribution < 1.29 is 4.79 Å². The summed E-state index contributed by atoms with van der Waals surface area (Å²) in [5.41, 5.74) is 5.52. The molecule has 3 heteroatoms. The van der Waals surface area contributed by atoms with Gasteiger partial charge in [-0.1, -0.05) is 19.3 Å². The van der Waals surface area contributed by atoms with E-state index in [1.807, 2.05) is 0 Å². The van der Waals surface area contributed by atoms with Crippen LogP contribution in [0, 0.1) is 5.92 Å². The smallest absolute Gasteiger partial charge is 0.152 e. The molecule has 1 heterocycles. The van der Waals surface area contributed by atoms with Crippen LogP contribution >= 0.6 is 0 Å². The quantitative estimate of drug-likeness (QED) is 0.737. The van der Waals surface area contributed by atoms with Gasteiger partial charge in [-0.05, 0) is 45.1 Å². The van der Waals surface area contributed by atoms with E-state index in [0.29, 0.717) is 17.7 Å². The van der Waals surface area contributed by atoms with Gasteiger partial charge in [-0.15, -0.1) is 0 Å². The number of Topliss-reactive ketones (excluding diaryl/α,β-unsaturated/α-hetero) is 1. The van der Waals surface area contributed by atoms with Gasteiger partial charge in [-0.2, -0.15) is 0 Å². The normalized spacial score (nSPS) is 34.2. The Morgan fingerprint density at radius 3 is 2.76 bits per heavy atom. The third kappa shape index (κ3) is 3.52. The first-order chi connectivity index (χ1) is 8.31. The first kappa shape index (κ1) is 13.0. The van der Waals surface area contributed by atoms with E-state index in [0.717, 1.165) is 38.6 Å². The largest absolute Gasteiger partial charge is 0.330 e. The molecule has 0 aromatic rings. The lowest BCUT2D eigenvalue weighted by Gasteiger charge is -2.21. The summed E-state index contributed by atoms with van der Waals surface area (Å²) in [6, 6.07) is 0.712. The third-order valence-electron chi connectivity index (χ3n) is 4.35. The number of unbranched alkanes of at least 4 members (excludes halogenated alkanes) is 1. The second-order valence-electron chi connectivity index (χ2n) is 5.66. The number of nitrogens with two attached hydrogens (primary N) is 1. The molecule has 98 valence electrons. The summed E-state index contributed by atoms with van der Waals surface area (Å²) in [5, 5.41) is 3.61. The molecule has 0 aromatic carbocycles. The maximum absolute atomic E-state index is 12.4. The molecular weight excluding hydrogens is 212 g/mol. The number of nitrogens with one attached hydrogen (secondary N) is 1. The maximum Gasteiger partial charge on any atom is 0.152 e. The first-order valence-corrected chi connectivity index (χ1v) is 7.31. The van der Waals surface area contributed by atoms with Gasteiger partial charge in [0.05, 0.1) is 6.04 Å². The van der Waals surface area contributed by atoms with Gasteiger partial charge < -0.3 is 11.1 Å². The average Bonchev–Trinajstić information content (AvgIpc) is 2.39. The highest BCUT2D eigenvalue weighted by atomic mass is 16.1. The molecule has 1 saturated heterocycles. The zero-order chi connectivity index (χ0) is 12.1. The van der Waals surface area contributed by atoms with Gasteiger partial charge in [0.15, 0.2) is 5.78 Å². The van der Waals surface area contributed by atoms with Crippen LogP contribution in [-0.2, 0) is 4.79 Å². The second-order valence-corrected chi connectivity index (χ2v) is 5.66. The molecule has 1 aliphatic heterocycles. The monoisotopic (exact) mass is 238 g/mol. The summed E-state index contributed by atoms with van der Waals surface area (Å²) in [7, 11) is 0. The molecule has 2 aliphatic rings. The molecule has 3 N–H and O–H groups in total. The summed E-state index contributed by atoms with van der Waals surface area (Å²) >= 11 is 0. The lowest BCUT2D eigenvalue weighted by atomic mass is 9.86. The molecule has 2 bridgehead atoms. The first-order valence-electron chi connectivity index (χ1n) is 7.31. The lowest BCUT2D eigenvalue weighted by molar-refractivity contribution is -0.125. The highest BCUT2D eigenvalue weighted by Gasteiger charge is 2.33. The number of carbonyl (C=O) groups excluding carboxylic acids is 1. The van der Waals surface area contributed by atoms with Crippen LogP contribution < -0.4 is 11.1 Å². The standard InChI is InChI=1S/C14H26N2O/c15-10-4-3-7-13-14(17)11-5-1-2-6-12(16-13)9-8-11/h11-13,16H,1-10,15H2. The van der Waals surface area contributed by atoms with E-state index in [-0.39, 0.29) is 6.04 Å². The number of hydrogen-bond donors (Lipinski definition) is 2. The highest BCUT2D eigenvalue weighted by molar-refractivity contribution is 5.86. The molecule has 2 rings (SSSR count). The minimum atomic E-state index is 0.122. The van der Waals surface area contributed by atoms with E-state index >= 15 is 0 Å². The van der Waals surface area contributed by atoms with Crippen molar-refractivity contribution in [1.82, 2.24) is 5.32 Å². The zero-order valence-electron chi connectivity index (χ0n) is 10.8. The molecule has 1 saturated carbocycles. The van der Waals surface area contributed by atoms with Crippen LogP contribution in [0.5, 0.6) is 0 Å². The Hall–Kier alpha value is -0.410. The topological polar surface area (TPSA) is 55.1 Å². The summed E-state index contributed by atoms with van der Waals surface area (Å²) in [4.78, 5) is 12.4. The van der Waals surface area contributed by atoms with Gasteiger partial charge in [0.2, 0.25) is 0 Å². The SMILES string of the molecule is NCCCCC1NC2CCCCC(CC2)C1=O. The van der Waals surface area contributed by atoms with Crippen molar-refractivity contribution in [2.75, 3.05) is 6.54 Å². The molecule has 3 nitrogen and oxygen atoms in total. The Bertz CT molecular complexity index is 255. The van der Waals surface area contributed by atoms with Crippen molar-refractivity contribution in [2.24, 2.45) is 11.7 Å². The molecular formula is C14H26N2O. The van der Waals surface area contributed by atoms with Gasteiger partial charge >= 0.3 is 0 Å². The van der Waals surface area contributed by atoms with E-state index in [1.165, 1.54) is 25.7 Å². The van der Waals surface area contributed by atoms with Crippen molar-refractivity contribution in [3.05, 3.63) is 0 Å². The minimum Gasteiger partial charge on any atom is -0.330 e. The van der Waals surface area contributed by atoms with E-state index in [2.05, 4.69) is 5.32 Å². The maximum atomic E-state index is 12.4. The number of fused-ring (bicyclic) bond motifs is 3. The Morgan fingerprint density at radius 1 is 1.12 bits per heavy atom. The number of carbonyl (C=O) groups is 1. The van der Waals surface area contributed by atoms with Gasteiger partial charge in [0, 0.05) is 12.0 Å². The number of rotatable bonds is 4. The fourth-order valence-corrected chi connectivity index (χ4v) is 3.29.